The third-order valence-electron chi connectivity index (χ3n) is 3.58. The van der Waals surface area contributed by atoms with E-state index in [1.54, 1.807) is 0 Å². The number of rotatable bonds is 4. The fourth-order valence-electron chi connectivity index (χ4n) is 2.17. The van der Waals surface area contributed by atoms with Crippen LogP contribution in [0.5, 0.6) is 0 Å². The second-order valence-electron chi connectivity index (χ2n) is 5.17. The van der Waals surface area contributed by atoms with E-state index in [4.69, 9.17) is 0 Å². The van der Waals surface area contributed by atoms with Gasteiger partial charge in [-0.3, -0.25) is 5.10 Å². The normalized spacial score (nSPS) is 29.3. The topological polar surface area (TPSA) is 95.1 Å². The van der Waals surface area contributed by atoms with Gasteiger partial charge in [-0.1, -0.05) is 6.92 Å². The van der Waals surface area contributed by atoms with E-state index >= 15 is 0 Å². The Hall–Kier alpha value is -0.920. The van der Waals surface area contributed by atoms with E-state index in [0.29, 0.717) is 18.8 Å². The Morgan fingerprint density at radius 1 is 1.56 bits per heavy atom. The maximum Gasteiger partial charge on any atom is 0.243 e. The maximum atomic E-state index is 11.9. The zero-order chi connectivity index (χ0) is 13.2. The summed E-state index contributed by atoms with van der Waals surface area (Å²) in [5.74, 6) is 0.607. The maximum absolute atomic E-state index is 11.9. The molecule has 6 nitrogen and oxygen atoms in total. The lowest BCUT2D eigenvalue weighted by Crippen LogP contribution is -2.45. The van der Waals surface area contributed by atoms with E-state index in [0.717, 1.165) is 12.8 Å². The summed E-state index contributed by atoms with van der Waals surface area (Å²) in [6.45, 7) is 2.21. The number of nitrogens with zero attached hydrogens (tertiary/aromatic N) is 1. The van der Waals surface area contributed by atoms with Gasteiger partial charge >= 0.3 is 0 Å². The second kappa shape index (κ2) is 4.99. The predicted molar refractivity (Wildman–Crippen MR) is 66.4 cm³/mol. The molecule has 1 aromatic heterocycles. The van der Waals surface area contributed by atoms with E-state index in [2.05, 4.69) is 21.8 Å². The molecule has 0 spiro atoms. The van der Waals surface area contributed by atoms with Crippen molar-refractivity contribution < 1.29 is 13.5 Å². The summed E-state index contributed by atoms with van der Waals surface area (Å²) in [5, 5.41) is 16.4. The Morgan fingerprint density at radius 2 is 2.22 bits per heavy atom. The van der Waals surface area contributed by atoms with Gasteiger partial charge < -0.3 is 5.11 Å². The largest absolute Gasteiger partial charge is 0.389 e. The summed E-state index contributed by atoms with van der Waals surface area (Å²) in [4.78, 5) is 0.0928. The van der Waals surface area contributed by atoms with Crippen molar-refractivity contribution in [2.45, 2.75) is 43.1 Å². The van der Waals surface area contributed by atoms with Gasteiger partial charge in [0.25, 0.3) is 0 Å². The van der Waals surface area contributed by atoms with Crippen LogP contribution in [0, 0.1) is 5.92 Å². The van der Waals surface area contributed by atoms with Gasteiger partial charge in [-0.15, -0.1) is 0 Å². The van der Waals surface area contributed by atoms with Crippen LogP contribution in [0.15, 0.2) is 17.3 Å². The van der Waals surface area contributed by atoms with E-state index in [-0.39, 0.29) is 11.4 Å². The Bertz CT molecular complexity index is 476. The van der Waals surface area contributed by atoms with Crippen LogP contribution < -0.4 is 4.72 Å². The average molecular weight is 273 g/mol. The quantitative estimate of drug-likeness (QED) is 0.750. The van der Waals surface area contributed by atoms with Gasteiger partial charge in [-0.25, -0.2) is 13.1 Å². The number of sulfonamides is 1. The first-order valence-electron chi connectivity index (χ1n) is 6.12. The molecular weight excluding hydrogens is 254 g/mol. The molecule has 18 heavy (non-hydrogen) atoms. The van der Waals surface area contributed by atoms with Gasteiger partial charge in [0.05, 0.1) is 11.8 Å². The molecule has 2 rings (SSSR count). The molecule has 1 saturated carbocycles. The molecule has 1 aliphatic rings. The number of aliphatic hydroxyl groups is 1. The molecule has 0 saturated heterocycles. The third-order valence-corrected chi connectivity index (χ3v) is 4.95. The lowest BCUT2D eigenvalue weighted by atomic mass is 9.80. The first kappa shape index (κ1) is 13.5. The first-order valence-corrected chi connectivity index (χ1v) is 7.60. The van der Waals surface area contributed by atoms with Crippen LogP contribution in [0.2, 0.25) is 0 Å². The molecule has 0 amide bonds. The van der Waals surface area contributed by atoms with Crippen LogP contribution in [0.3, 0.4) is 0 Å². The van der Waals surface area contributed by atoms with Crippen molar-refractivity contribution in [2.75, 3.05) is 6.54 Å². The summed E-state index contributed by atoms with van der Waals surface area (Å²) >= 11 is 0. The van der Waals surface area contributed by atoms with Gasteiger partial charge in [0.2, 0.25) is 10.0 Å². The molecule has 102 valence electrons. The first-order chi connectivity index (χ1) is 8.41. The molecule has 1 aliphatic carbocycles. The van der Waals surface area contributed by atoms with Gasteiger partial charge in [0.15, 0.2) is 0 Å². The summed E-state index contributed by atoms with van der Waals surface area (Å²) in [6.07, 6.45) is 5.71. The van der Waals surface area contributed by atoms with Gasteiger partial charge in [0.1, 0.15) is 4.90 Å². The van der Waals surface area contributed by atoms with Crippen molar-refractivity contribution in [3.8, 4) is 0 Å². The summed E-state index contributed by atoms with van der Waals surface area (Å²) in [5.41, 5.74) is -0.913. The average Bonchev–Trinajstić information content (AvgIpc) is 2.86. The molecule has 0 radical (unpaired) electrons. The number of hydrogen-bond acceptors (Lipinski definition) is 4. The molecule has 3 N–H and O–H groups in total. The molecule has 1 heterocycles. The standard InChI is InChI=1S/C11H19N3O3S/c1-9-2-4-11(15,5-3-9)8-14-18(16,17)10-6-12-13-7-10/h6-7,9,14-15H,2-5,8H2,1H3,(H,12,13). The Kier molecular flexibility index (Phi) is 3.74. The number of aromatic amines is 1. The highest BCUT2D eigenvalue weighted by atomic mass is 32.2. The highest BCUT2D eigenvalue weighted by molar-refractivity contribution is 7.89. The third kappa shape index (κ3) is 3.09. The minimum absolute atomic E-state index is 0.0627. The van der Waals surface area contributed by atoms with Crippen molar-refractivity contribution in [3.05, 3.63) is 12.4 Å². The van der Waals surface area contributed by atoms with Crippen LogP contribution in [0.1, 0.15) is 32.6 Å². The van der Waals surface area contributed by atoms with Gasteiger partial charge in [0, 0.05) is 12.7 Å². The molecule has 1 aromatic rings. The predicted octanol–water partition coefficient (Wildman–Crippen LogP) is 0.629. The second-order valence-corrected chi connectivity index (χ2v) is 6.93. The summed E-state index contributed by atoms with van der Waals surface area (Å²) < 4.78 is 26.2. The molecule has 0 aromatic carbocycles. The summed E-state index contributed by atoms with van der Waals surface area (Å²) in [7, 11) is -3.57. The molecule has 1 fully saturated rings. The number of nitrogens with one attached hydrogen (secondary N) is 2. The highest BCUT2D eigenvalue weighted by Gasteiger charge is 2.33. The van der Waals surface area contributed by atoms with Crippen LogP contribution in [-0.4, -0.2) is 35.9 Å². The molecular formula is C11H19N3O3S. The minimum Gasteiger partial charge on any atom is -0.389 e. The van der Waals surface area contributed by atoms with Crippen LogP contribution in [0.25, 0.3) is 0 Å². The lowest BCUT2D eigenvalue weighted by molar-refractivity contribution is -0.00182. The Balaban J connectivity index is 1.96. The zero-order valence-corrected chi connectivity index (χ0v) is 11.2. The fraction of sp³-hybridized carbons (Fsp3) is 0.727. The molecule has 7 heteroatoms. The SMILES string of the molecule is CC1CCC(O)(CNS(=O)(=O)c2cn[nH]c2)CC1. The molecule has 0 atom stereocenters. The van der Waals surface area contributed by atoms with Crippen LogP contribution in [0.4, 0.5) is 0 Å². The lowest BCUT2D eigenvalue weighted by Gasteiger charge is -2.34. The highest BCUT2D eigenvalue weighted by Crippen LogP contribution is 2.31. The van der Waals surface area contributed by atoms with Gasteiger partial charge in [-0.2, -0.15) is 5.10 Å². The number of hydrogen-bond donors (Lipinski definition) is 3. The smallest absolute Gasteiger partial charge is 0.243 e. The van der Waals surface area contributed by atoms with Gasteiger partial charge in [-0.05, 0) is 31.6 Å². The fourth-order valence-corrected chi connectivity index (χ4v) is 3.20. The van der Waals surface area contributed by atoms with E-state index in [1.807, 2.05) is 0 Å². The van der Waals surface area contributed by atoms with Crippen molar-refractivity contribution >= 4 is 10.0 Å². The Morgan fingerprint density at radius 3 is 2.78 bits per heavy atom. The van der Waals surface area contributed by atoms with E-state index in [1.165, 1.54) is 12.4 Å². The monoisotopic (exact) mass is 273 g/mol. The van der Waals surface area contributed by atoms with Crippen LogP contribution >= 0.6 is 0 Å². The number of H-pyrrole nitrogens is 1. The van der Waals surface area contributed by atoms with Crippen molar-refractivity contribution in [3.63, 3.8) is 0 Å². The van der Waals surface area contributed by atoms with Crippen LogP contribution in [-0.2, 0) is 10.0 Å². The Labute approximate surface area is 107 Å². The van der Waals surface area contributed by atoms with Crippen molar-refractivity contribution in [2.24, 2.45) is 5.92 Å². The van der Waals surface area contributed by atoms with E-state index < -0.39 is 15.6 Å². The number of aromatic nitrogens is 2. The van der Waals surface area contributed by atoms with E-state index in [9.17, 15) is 13.5 Å². The molecule has 0 aliphatic heterocycles. The summed E-state index contributed by atoms with van der Waals surface area (Å²) in [6, 6.07) is 0. The minimum atomic E-state index is -3.57. The molecule has 0 unspecified atom stereocenters. The van der Waals surface area contributed by atoms with Crippen molar-refractivity contribution in [1.29, 1.82) is 0 Å². The van der Waals surface area contributed by atoms with Crippen molar-refractivity contribution in [1.82, 2.24) is 14.9 Å². The zero-order valence-electron chi connectivity index (χ0n) is 10.4. The molecule has 0 bridgehead atoms.